The number of rotatable bonds is 8. The van der Waals surface area contributed by atoms with Crippen molar-refractivity contribution in [1.29, 1.82) is 0 Å². The van der Waals surface area contributed by atoms with Crippen LogP contribution >= 0.6 is 23.4 Å². The molecule has 39 heavy (non-hydrogen) atoms. The van der Waals surface area contributed by atoms with Crippen LogP contribution in [0.5, 0.6) is 5.88 Å². The predicted octanol–water partition coefficient (Wildman–Crippen LogP) is 5.79. The number of benzene rings is 3. The second-order valence-corrected chi connectivity index (χ2v) is 10.3. The van der Waals surface area contributed by atoms with Crippen LogP contribution in [-0.2, 0) is 4.74 Å². The minimum atomic E-state index is -0.420. The van der Waals surface area contributed by atoms with Crippen LogP contribution < -0.4 is 15.5 Å². The molecular weight excluding hydrogens is 532 g/mol. The number of hydrazone groups is 1. The largest absolute Gasteiger partial charge is 0.474 e. The fourth-order valence-corrected chi connectivity index (χ4v) is 5.37. The first-order valence-electron chi connectivity index (χ1n) is 12.3. The Kier molecular flexibility index (Phi) is 7.21. The lowest BCUT2D eigenvalue weighted by atomic mass is 9.94. The normalized spacial score (nSPS) is 14.8. The lowest BCUT2D eigenvalue weighted by molar-refractivity contribution is 0.143. The van der Waals surface area contributed by atoms with E-state index in [4.69, 9.17) is 31.9 Å². The maximum Gasteiger partial charge on any atom is 0.235 e. The number of nitrogens with two attached hydrogens (primary N) is 1. The summed E-state index contributed by atoms with van der Waals surface area (Å²) in [5.74, 6) is 0.511. The molecule has 0 aliphatic carbocycles. The molecule has 0 saturated carbocycles. The number of anilines is 1. The SMILES string of the molecule is COCCOc1cc2nccc(Sc3ccc(N4N=C(c5ccc(Cl)cc5)c5ccccc5C4N)cc3)n2n1. The van der Waals surface area contributed by atoms with Gasteiger partial charge in [-0.1, -0.05) is 59.8 Å². The number of nitrogens with zero attached hydrogens (tertiary/aromatic N) is 5. The number of ether oxygens (including phenoxy) is 2. The van der Waals surface area contributed by atoms with Crippen LogP contribution in [0.1, 0.15) is 22.9 Å². The van der Waals surface area contributed by atoms with E-state index in [0.717, 1.165) is 38.0 Å². The van der Waals surface area contributed by atoms with Gasteiger partial charge in [-0.05, 0) is 42.5 Å². The molecule has 1 atom stereocenters. The predicted molar refractivity (Wildman–Crippen MR) is 154 cm³/mol. The third-order valence-electron chi connectivity index (χ3n) is 6.29. The van der Waals surface area contributed by atoms with Crippen molar-refractivity contribution >= 4 is 40.4 Å². The van der Waals surface area contributed by atoms with Gasteiger partial charge in [0.05, 0.1) is 18.0 Å². The molecule has 196 valence electrons. The molecule has 5 aromatic rings. The first kappa shape index (κ1) is 25.4. The highest BCUT2D eigenvalue weighted by molar-refractivity contribution is 7.99. The van der Waals surface area contributed by atoms with E-state index in [1.807, 2.05) is 71.7 Å². The Balaban J connectivity index is 1.28. The third kappa shape index (κ3) is 5.22. The van der Waals surface area contributed by atoms with E-state index in [9.17, 15) is 0 Å². The molecule has 3 aromatic carbocycles. The van der Waals surface area contributed by atoms with Gasteiger partial charge < -0.3 is 15.2 Å². The van der Waals surface area contributed by atoms with Crippen LogP contribution in [-0.4, -0.2) is 40.6 Å². The van der Waals surface area contributed by atoms with Gasteiger partial charge in [0.2, 0.25) is 5.88 Å². The Morgan fingerprint density at radius 1 is 0.974 bits per heavy atom. The first-order valence-corrected chi connectivity index (χ1v) is 13.5. The molecule has 8 nitrogen and oxygen atoms in total. The second-order valence-electron chi connectivity index (χ2n) is 8.81. The van der Waals surface area contributed by atoms with Gasteiger partial charge in [0.15, 0.2) is 5.65 Å². The number of aromatic nitrogens is 3. The van der Waals surface area contributed by atoms with Gasteiger partial charge in [-0.15, -0.1) is 5.10 Å². The van der Waals surface area contributed by atoms with Gasteiger partial charge in [-0.25, -0.2) is 14.5 Å². The third-order valence-corrected chi connectivity index (χ3v) is 7.56. The first-order chi connectivity index (χ1) is 19.1. The molecule has 3 heterocycles. The standard InChI is InChI=1S/C29H25ClN6O2S/c1-37-16-17-38-26-18-25-32-15-14-27(36(25)33-26)39-22-12-10-21(11-13-22)35-29(31)24-5-3-2-4-23(24)28(34-35)19-6-8-20(30)9-7-19/h2-15,18,29H,16-17,31H2,1H3. The zero-order valence-electron chi connectivity index (χ0n) is 21.1. The average molecular weight is 557 g/mol. The molecule has 2 aromatic heterocycles. The number of hydrogen-bond acceptors (Lipinski definition) is 8. The smallest absolute Gasteiger partial charge is 0.235 e. The summed E-state index contributed by atoms with van der Waals surface area (Å²) in [5.41, 5.74) is 12.2. The highest BCUT2D eigenvalue weighted by Gasteiger charge is 2.27. The summed E-state index contributed by atoms with van der Waals surface area (Å²) in [4.78, 5) is 5.44. The molecule has 0 fully saturated rings. The molecule has 0 amide bonds. The average Bonchev–Trinajstić information content (AvgIpc) is 3.39. The summed E-state index contributed by atoms with van der Waals surface area (Å²) >= 11 is 7.72. The van der Waals surface area contributed by atoms with Gasteiger partial charge in [0, 0.05) is 46.0 Å². The summed E-state index contributed by atoms with van der Waals surface area (Å²) in [5, 5.41) is 13.0. The van der Waals surface area contributed by atoms with Crippen LogP contribution in [0.4, 0.5) is 5.69 Å². The highest BCUT2D eigenvalue weighted by Crippen LogP contribution is 2.35. The maximum absolute atomic E-state index is 6.71. The number of methoxy groups -OCH3 is 1. The van der Waals surface area contributed by atoms with Crippen LogP contribution in [0.25, 0.3) is 5.65 Å². The molecule has 1 unspecified atom stereocenters. The molecule has 0 bridgehead atoms. The fraction of sp³-hybridized carbons (Fsp3) is 0.138. The molecule has 0 spiro atoms. The van der Waals surface area contributed by atoms with Gasteiger partial charge in [0.1, 0.15) is 17.8 Å². The number of halogens is 1. The summed E-state index contributed by atoms with van der Waals surface area (Å²) in [7, 11) is 1.64. The Morgan fingerprint density at radius 3 is 2.56 bits per heavy atom. The number of hydrogen-bond donors (Lipinski definition) is 1. The van der Waals surface area contributed by atoms with E-state index in [1.54, 1.807) is 29.6 Å². The summed E-state index contributed by atoms with van der Waals surface area (Å²) in [6, 6.07) is 27.7. The minimum Gasteiger partial charge on any atom is -0.474 e. The van der Waals surface area contributed by atoms with E-state index in [-0.39, 0.29) is 0 Å². The van der Waals surface area contributed by atoms with E-state index in [1.165, 1.54) is 0 Å². The van der Waals surface area contributed by atoms with Crippen LogP contribution in [0.2, 0.25) is 5.02 Å². The molecule has 6 rings (SSSR count). The Labute approximate surface area is 235 Å². The summed E-state index contributed by atoms with van der Waals surface area (Å²) in [6.07, 6.45) is 1.35. The van der Waals surface area contributed by atoms with Crippen LogP contribution in [0, 0.1) is 0 Å². The van der Waals surface area contributed by atoms with Crippen molar-refractivity contribution in [1.82, 2.24) is 14.6 Å². The molecule has 1 aliphatic heterocycles. The van der Waals surface area contributed by atoms with Gasteiger partial charge in [0.25, 0.3) is 0 Å². The Bertz CT molecular complexity index is 1640. The molecular formula is C29H25ClN6O2S. The van der Waals surface area contributed by atoms with Crippen molar-refractivity contribution in [3.63, 3.8) is 0 Å². The molecule has 0 radical (unpaired) electrons. The van der Waals surface area contributed by atoms with E-state index < -0.39 is 6.17 Å². The monoisotopic (exact) mass is 556 g/mol. The Hall–Kier alpha value is -3.89. The van der Waals surface area contributed by atoms with Crippen molar-refractivity contribution in [2.24, 2.45) is 10.8 Å². The molecule has 10 heteroatoms. The van der Waals surface area contributed by atoms with Crippen molar-refractivity contribution in [2.75, 3.05) is 25.3 Å². The quantitative estimate of drug-likeness (QED) is 0.191. The molecule has 1 aliphatic rings. The molecule has 2 N–H and O–H groups in total. The highest BCUT2D eigenvalue weighted by atomic mass is 35.5. The molecule has 0 saturated heterocycles. The second kappa shape index (κ2) is 11.1. The number of fused-ring (bicyclic) bond motifs is 2. The van der Waals surface area contributed by atoms with Crippen LogP contribution in [0.3, 0.4) is 0 Å². The van der Waals surface area contributed by atoms with Crippen molar-refractivity contribution in [3.05, 3.63) is 113 Å². The van der Waals surface area contributed by atoms with Crippen LogP contribution in [0.15, 0.2) is 106 Å². The lowest BCUT2D eigenvalue weighted by Crippen LogP contribution is -2.36. The van der Waals surface area contributed by atoms with Crippen molar-refractivity contribution in [2.45, 2.75) is 16.1 Å². The van der Waals surface area contributed by atoms with E-state index in [0.29, 0.717) is 29.8 Å². The van der Waals surface area contributed by atoms with E-state index in [2.05, 4.69) is 28.3 Å². The van der Waals surface area contributed by atoms with Gasteiger partial charge in [-0.3, -0.25) is 0 Å². The summed E-state index contributed by atoms with van der Waals surface area (Å²) in [6.45, 7) is 0.919. The lowest BCUT2D eigenvalue weighted by Gasteiger charge is -2.33. The van der Waals surface area contributed by atoms with Crippen molar-refractivity contribution < 1.29 is 9.47 Å². The zero-order valence-corrected chi connectivity index (χ0v) is 22.6. The van der Waals surface area contributed by atoms with E-state index >= 15 is 0 Å². The minimum absolute atomic E-state index is 0.420. The van der Waals surface area contributed by atoms with Crippen molar-refractivity contribution in [3.8, 4) is 5.88 Å². The Morgan fingerprint density at radius 2 is 1.77 bits per heavy atom. The maximum atomic E-state index is 6.71. The summed E-state index contributed by atoms with van der Waals surface area (Å²) < 4.78 is 12.5. The topological polar surface area (TPSA) is 90.3 Å². The zero-order chi connectivity index (χ0) is 26.8. The fourth-order valence-electron chi connectivity index (χ4n) is 4.38. The van der Waals surface area contributed by atoms with Gasteiger partial charge >= 0.3 is 0 Å². The van der Waals surface area contributed by atoms with Gasteiger partial charge in [-0.2, -0.15) is 5.10 Å².